The van der Waals surface area contributed by atoms with Crippen LogP contribution in [0.15, 0.2) is 23.9 Å². The summed E-state index contributed by atoms with van der Waals surface area (Å²) in [6, 6.07) is 0. The van der Waals surface area contributed by atoms with E-state index in [0.717, 1.165) is 0 Å². The molecule has 0 aromatic carbocycles. The van der Waals surface area contributed by atoms with Gasteiger partial charge in [0.1, 0.15) is 0 Å². The van der Waals surface area contributed by atoms with Crippen LogP contribution in [-0.2, 0) is 0 Å². The van der Waals surface area contributed by atoms with Gasteiger partial charge in [0.2, 0.25) is 6.43 Å². The van der Waals surface area contributed by atoms with Gasteiger partial charge in [-0.25, -0.2) is 8.78 Å². The molecule has 61 valence electrons. The van der Waals surface area contributed by atoms with Crippen LogP contribution in [0.3, 0.4) is 0 Å². The summed E-state index contributed by atoms with van der Waals surface area (Å²) in [5, 5.41) is 2.86. The number of halogens is 2. The van der Waals surface area contributed by atoms with Gasteiger partial charge in [-0.05, 0) is 13.0 Å². The molecule has 0 aromatic rings. The molecule has 1 radical (unpaired) electrons. The molecule has 0 saturated heterocycles. The molecule has 1 heterocycles. The zero-order valence-corrected chi connectivity index (χ0v) is 6.27. The maximum atomic E-state index is 12.1. The van der Waals surface area contributed by atoms with E-state index in [2.05, 4.69) is 5.32 Å². The minimum Gasteiger partial charge on any atom is -0.384 e. The molecule has 0 bridgehead atoms. The highest BCUT2D eigenvalue weighted by atomic mass is 19.3. The molecule has 0 aliphatic carbocycles. The van der Waals surface area contributed by atoms with Gasteiger partial charge in [0.05, 0.1) is 5.92 Å². The van der Waals surface area contributed by atoms with Gasteiger partial charge >= 0.3 is 0 Å². The third-order valence-electron chi connectivity index (χ3n) is 1.56. The van der Waals surface area contributed by atoms with E-state index in [9.17, 15) is 8.78 Å². The van der Waals surface area contributed by atoms with Crippen molar-refractivity contribution < 1.29 is 8.78 Å². The van der Waals surface area contributed by atoms with Crippen LogP contribution in [0.2, 0.25) is 0 Å². The Hall–Kier alpha value is -0.860. The number of nitrogens with one attached hydrogen (secondary N) is 1. The van der Waals surface area contributed by atoms with E-state index in [1.165, 1.54) is 6.92 Å². The molecule has 0 fully saturated rings. The van der Waals surface area contributed by atoms with E-state index in [4.69, 9.17) is 0 Å². The van der Waals surface area contributed by atoms with Crippen molar-refractivity contribution in [3.05, 3.63) is 29.8 Å². The average Bonchev–Trinajstić information content (AvgIpc) is 2.05. The Bertz CT molecular complexity index is 185. The van der Waals surface area contributed by atoms with Crippen molar-refractivity contribution in [1.82, 2.24) is 5.32 Å². The second-order valence-corrected chi connectivity index (χ2v) is 2.37. The Labute approximate surface area is 64.8 Å². The van der Waals surface area contributed by atoms with Gasteiger partial charge in [0, 0.05) is 12.2 Å². The lowest BCUT2D eigenvalue weighted by Gasteiger charge is -2.17. The average molecular weight is 158 g/mol. The second-order valence-electron chi connectivity index (χ2n) is 2.37. The minimum absolute atomic E-state index is 0.106. The summed E-state index contributed by atoms with van der Waals surface area (Å²) >= 11 is 0. The van der Waals surface area contributed by atoms with E-state index < -0.39 is 6.43 Å². The molecule has 1 nitrogen and oxygen atoms in total. The van der Waals surface area contributed by atoms with E-state index in [0.29, 0.717) is 12.2 Å². The largest absolute Gasteiger partial charge is 0.384 e. The first-order valence-electron chi connectivity index (χ1n) is 3.44. The predicted octanol–water partition coefficient (Wildman–Crippen LogP) is 1.89. The SMILES string of the molecule is C[C](C1=CC=CCN1)C(F)F. The van der Waals surface area contributed by atoms with Crippen LogP contribution in [0.1, 0.15) is 6.92 Å². The normalized spacial score (nSPS) is 17.0. The fourth-order valence-corrected chi connectivity index (χ4v) is 0.849. The molecule has 1 N–H and O–H groups in total. The van der Waals surface area contributed by atoms with E-state index in [1.807, 2.05) is 6.08 Å². The molecule has 0 unspecified atom stereocenters. The quantitative estimate of drug-likeness (QED) is 0.647. The Morgan fingerprint density at radius 2 is 2.36 bits per heavy atom. The van der Waals surface area contributed by atoms with E-state index >= 15 is 0 Å². The highest BCUT2D eigenvalue weighted by Crippen LogP contribution is 2.19. The molecule has 1 rings (SSSR count). The van der Waals surface area contributed by atoms with Gasteiger partial charge in [-0.1, -0.05) is 12.2 Å². The van der Waals surface area contributed by atoms with Crippen molar-refractivity contribution in [2.45, 2.75) is 13.3 Å². The van der Waals surface area contributed by atoms with Crippen molar-refractivity contribution in [3.63, 3.8) is 0 Å². The van der Waals surface area contributed by atoms with Crippen LogP contribution in [0.5, 0.6) is 0 Å². The first kappa shape index (κ1) is 8.24. The number of rotatable bonds is 2. The summed E-state index contributed by atoms with van der Waals surface area (Å²) in [7, 11) is 0. The summed E-state index contributed by atoms with van der Waals surface area (Å²) in [4.78, 5) is 0. The smallest absolute Gasteiger partial charge is 0.250 e. The van der Waals surface area contributed by atoms with Gasteiger partial charge in [-0.3, -0.25) is 0 Å². The molecule has 1 aliphatic rings. The highest BCUT2D eigenvalue weighted by molar-refractivity contribution is 5.29. The van der Waals surface area contributed by atoms with Gasteiger partial charge < -0.3 is 5.32 Å². The molecule has 0 aromatic heterocycles. The standard InChI is InChI=1S/C8H10F2N/c1-6(8(9)10)7-4-2-3-5-11-7/h2-4,8,11H,5H2,1H3. The molecule has 0 spiro atoms. The molecule has 0 atom stereocenters. The van der Waals surface area contributed by atoms with Crippen LogP contribution in [-0.4, -0.2) is 13.0 Å². The maximum absolute atomic E-state index is 12.1. The number of dihydropyridines is 1. The molecule has 1 aliphatic heterocycles. The molecule has 0 amide bonds. The monoisotopic (exact) mass is 158 g/mol. The summed E-state index contributed by atoms with van der Waals surface area (Å²) in [5.74, 6) is 0.106. The molecular weight excluding hydrogens is 148 g/mol. The Morgan fingerprint density at radius 3 is 2.82 bits per heavy atom. The summed E-state index contributed by atoms with van der Waals surface area (Å²) in [6.45, 7) is 2.07. The third kappa shape index (κ3) is 2.03. The van der Waals surface area contributed by atoms with E-state index in [1.54, 1.807) is 12.2 Å². The van der Waals surface area contributed by atoms with Crippen molar-refractivity contribution >= 4 is 0 Å². The second kappa shape index (κ2) is 3.51. The zero-order chi connectivity index (χ0) is 8.27. The first-order valence-corrected chi connectivity index (χ1v) is 3.44. The molecule has 11 heavy (non-hydrogen) atoms. The summed E-state index contributed by atoms with van der Waals surface area (Å²) in [6.07, 6.45) is 2.95. The summed E-state index contributed by atoms with van der Waals surface area (Å²) < 4.78 is 24.1. The highest BCUT2D eigenvalue weighted by Gasteiger charge is 2.19. The summed E-state index contributed by atoms with van der Waals surface area (Å²) in [5.41, 5.74) is 0.544. The lowest BCUT2D eigenvalue weighted by molar-refractivity contribution is 0.167. The van der Waals surface area contributed by atoms with Gasteiger partial charge in [0.15, 0.2) is 0 Å². The fraction of sp³-hybridized carbons (Fsp3) is 0.375. The Kier molecular flexibility index (Phi) is 2.63. The lowest BCUT2D eigenvalue weighted by Crippen LogP contribution is -2.23. The van der Waals surface area contributed by atoms with E-state index in [-0.39, 0.29) is 5.92 Å². The van der Waals surface area contributed by atoms with Crippen LogP contribution in [0.25, 0.3) is 0 Å². The zero-order valence-electron chi connectivity index (χ0n) is 6.27. The van der Waals surface area contributed by atoms with Gasteiger partial charge in [-0.15, -0.1) is 0 Å². The van der Waals surface area contributed by atoms with Crippen LogP contribution in [0, 0.1) is 5.92 Å². The van der Waals surface area contributed by atoms with Crippen molar-refractivity contribution in [2.75, 3.05) is 6.54 Å². The van der Waals surface area contributed by atoms with Gasteiger partial charge in [0.25, 0.3) is 0 Å². The van der Waals surface area contributed by atoms with Crippen LogP contribution >= 0.6 is 0 Å². The maximum Gasteiger partial charge on any atom is 0.250 e. The Morgan fingerprint density at radius 1 is 1.64 bits per heavy atom. The van der Waals surface area contributed by atoms with Crippen molar-refractivity contribution in [3.8, 4) is 0 Å². The number of hydrogen-bond donors (Lipinski definition) is 1. The predicted molar refractivity (Wildman–Crippen MR) is 40.1 cm³/mol. The Balaban J connectivity index is 2.58. The van der Waals surface area contributed by atoms with Crippen LogP contribution in [0.4, 0.5) is 8.78 Å². The number of allylic oxidation sites excluding steroid dienone is 3. The van der Waals surface area contributed by atoms with Crippen LogP contribution < -0.4 is 5.32 Å². The topological polar surface area (TPSA) is 12.0 Å². The number of alkyl halides is 2. The first-order chi connectivity index (χ1) is 5.22. The lowest BCUT2D eigenvalue weighted by atomic mass is 10.1. The number of hydrogen-bond acceptors (Lipinski definition) is 1. The van der Waals surface area contributed by atoms with Gasteiger partial charge in [-0.2, -0.15) is 0 Å². The molecule has 3 heteroatoms. The third-order valence-corrected chi connectivity index (χ3v) is 1.56. The van der Waals surface area contributed by atoms with Crippen molar-refractivity contribution in [1.29, 1.82) is 0 Å². The minimum atomic E-state index is -2.36. The molecule has 0 saturated carbocycles. The fourth-order valence-electron chi connectivity index (χ4n) is 0.849. The molecular formula is C8H10F2N. The van der Waals surface area contributed by atoms with Crippen molar-refractivity contribution in [2.24, 2.45) is 0 Å².